The average molecular weight is 1190 g/mol. The van der Waals surface area contributed by atoms with E-state index in [9.17, 15) is 32.4 Å². The van der Waals surface area contributed by atoms with E-state index >= 15 is 0 Å². The molecule has 0 radical (unpaired) electrons. The molecule has 0 saturated heterocycles. The van der Waals surface area contributed by atoms with E-state index in [2.05, 4.69) is 54.1 Å². The van der Waals surface area contributed by atoms with Crippen LogP contribution in [0.25, 0.3) is 0 Å². The molecule has 0 unspecified atom stereocenters. The number of hydrogen-bond acceptors (Lipinski definition) is 14. The molecule has 0 aliphatic heterocycles. The first-order valence-electron chi connectivity index (χ1n) is 27.5. The lowest BCUT2D eigenvalue weighted by Gasteiger charge is -2.16. The zero-order valence-corrected chi connectivity index (χ0v) is 49.5. The van der Waals surface area contributed by atoms with Gasteiger partial charge in [-0.25, -0.2) is 18.4 Å². The number of sulfone groups is 1. The lowest BCUT2D eigenvalue weighted by molar-refractivity contribution is -0.123. The Morgan fingerprint density at radius 1 is 0.607 bits per heavy atom. The molecule has 0 saturated carbocycles. The van der Waals surface area contributed by atoms with Gasteiger partial charge in [-0.15, -0.1) is 0 Å². The van der Waals surface area contributed by atoms with Gasteiger partial charge in [0.25, 0.3) is 29.5 Å². The van der Waals surface area contributed by atoms with Gasteiger partial charge < -0.3 is 51.6 Å². The standard InChI is InChI=1S/C32H40N6O4.C29H36ClN5O5S.CH4/c1-4-5-6-7-8-10-20-35-29(39)22-42-25-17-18-27(26(21-25)32(41)37-28-12-9-11-19-34-28)36-31(40)24-15-13-23(14-16-24)30(33)38(2)3;1-31-15-7-5-4-6-8-16-32-26-18-22(41(3,38)39)11-12-23(26)28(36)34-25-13-10-21(40-2)17-24(25)29(37)35-27-14-9-20(30)19-33-27;/h9,11-19,21,33H,4-8,10,20,22H2,1-3H3,(H,35,39)(H,36,40)(H,34,37,41);9-14,17-19,31-32H,4-8,15-16H2,1-3H3,(H,34,36)(H,33,35,37);1H4. The molecule has 2 aromatic heterocycles. The normalized spacial score (nSPS) is 10.7. The van der Waals surface area contributed by atoms with Gasteiger partial charge in [0.05, 0.1) is 45.1 Å². The maximum absolute atomic E-state index is 13.5. The molecule has 8 N–H and O–H groups in total. The average Bonchev–Trinajstić information content (AvgIpc) is 3.65. The van der Waals surface area contributed by atoms with Crippen LogP contribution in [0.4, 0.5) is 28.7 Å². The highest BCUT2D eigenvalue weighted by Crippen LogP contribution is 2.28. The Labute approximate surface area is 499 Å². The molecule has 0 aliphatic carbocycles. The van der Waals surface area contributed by atoms with Crippen LogP contribution in [-0.2, 0) is 14.6 Å². The summed E-state index contributed by atoms with van der Waals surface area (Å²) < 4.78 is 35.4. The van der Waals surface area contributed by atoms with Crippen LogP contribution in [0.3, 0.4) is 0 Å². The number of unbranched alkanes of at least 4 members (excludes halogenated alkanes) is 9. The first-order valence-corrected chi connectivity index (χ1v) is 29.8. The number of nitrogens with one attached hydrogen (secondary N) is 8. The third kappa shape index (κ3) is 22.7. The number of carbonyl (C=O) groups is 5. The van der Waals surface area contributed by atoms with Crippen LogP contribution in [0.5, 0.6) is 11.5 Å². The molecule has 6 rings (SSSR count). The van der Waals surface area contributed by atoms with Crippen molar-refractivity contribution in [3.05, 3.63) is 154 Å². The number of anilines is 5. The SMILES string of the molecule is C.CCCCCCCCNC(=O)COc1ccc(NC(=O)c2ccc(C(=N)N(C)C)cc2)c(C(=O)Nc2ccccn2)c1.CNCCCCCCCNc1cc(S(C)(=O)=O)ccc1C(=O)Nc1ccc(OC)cc1C(=O)Nc1ccc(Cl)cn1. The molecule has 6 aromatic rings. The van der Waals surface area contributed by atoms with E-state index < -0.39 is 33.5 Å². The van der Waals surface area contributed by atoms with Crippen LogP contribution in [-0.4, -0.2) is 119 Å². The maximum atomic E-state index is 13.5. The van der Waals surface area contributed by atoms with Crippen molar-refractivity contribution in [1.82, 2.24) is 25.5 Å². The molecule has 0 bridgehead atoms. The Kier molecular flexibility index (Phi) is 28.8. The summed E-state index contributed by atoms with van der Waals surface area (Å²) in [7, 11) is 3.47. The van der Waals surface area contributed by atoms with Crippen molar-refractivity contribution >= 4 is 85.5 Å². The Bertz CT molecular complexity index is 3220. The summed E-state index contributed by atoms with van der Waals surface area (Å²) in [6, 6.07) is 28.6. The smallest absolute Gasteiger partial charge is 0.259 e. The van der Waals surface area contributed by atoms with Gasteiger partial charge in [0, 0.05) is 62.6 Å². The van der Waals surface area contributed by atoms with Crippen LogP contribution in [0.15, 0.2) is 126 Å². The van der Waals surface area contributed by atoms with Gasteiger partial charge in [-0.3, -0.25) is 29.4 Å². The van der Waals surface area contributed by atoms with Gasteiger partial charge >= 0.3 is 0 Å². The fraction of sp³-hybridized carbons (Fsp3) is 0.355. The lowest BCUT2D eigenvalue weighted by Crippen LogP contribution is -2.29. The first kappa shape index (κ1) is 68.1. The molecule has 20 nitrogen and oxygen atoms in total. The van der Waals surface area contributed by atoms with Crippen LogP contribution < -0.4 is 46.7 Å². The number of ether oxygens (including phenoxy) is 2. The summed E-state index contributed by atoms with van der Waals surface area (Å²) in [6.45, 7) is 4.14. The highest BCUT2D eigenvalue weighted by molar-refractivity contribution is 7.90. The molecular weight excluding hydrogens is 1110 g/mol. The summed E-state index contributed by atoms with van der Waals surface area (Å²) in [4.78, 5) is 75.2. The van der Waals surface area contributed by atoms with Crippen molar-refractivity contribution in [2.75, 3.05) is 87.3 Å². The van der Waals surface area contributed by atoms with E-state index in [1.165, 1.54) is 69.3 Å². The largest absolute Gasteiger partial charge is 0.497 e. The maximum Gasteiger partial charge on any atom is 0.259 e. The second-order valence-electron chi connectivity index (χ2n) is 19.5. The second kappa shape index (κ2) is 35.6. The van der Waals surface area contributed by atoms with Crippen LogP contribution in [0.1, 0.15) is 132 Å². The van der Waals surface area contributed by atoms with Crippen LogP contribution in [0.2, 0.25) is 5.02 Å². The Balaban J connectivity index is 0.000000356. The first-order chi connectivity index (χ1) is 39.9. The lowest BCUT2D eigenvalue weighted by atomic mass is 10.1. The minimum atomic E-state index is -3.49. The summed E-state index contributed by atoms with van der Waals surface area (Å²) in [5.41, 5.74) is 2.46. The van der Waals surface area contributed by atoms with E-state index in [0.717, 1.165) is 57.7 Å². The molecular formula is C62H80ClN11O9S. The number of amides is 5. The highest BCUT2D eigenvalue weighted by atomic mass is 35.5. The molecule has 84 heavy (non-hydrogen) atoms. The molecule has 2 heterocycles. The van der Waals surface area contributed by atoms with Crippen LogP contribution >= 0.6 is 11.6 Å². The molecule has 0 fully saturated rings. The predicted octanol–water partition coefficient (Wildman–Crippen LogP) is 11.2. The number of pyridine rings is 2. The fourth-order valence-corrected chi connectivity index (χ4v) is 8.90. The van der Waals surface area contributed by atoms with Gasteiger partial charge in [0.15, 0.2) is 16.4 Å². The van der Waals surface area contributed by atoms with Crippen molar-refractivity contribution in [3.8, 4) is 11.5 Å². The number of carbonyl (C=O) groups excluding carboxylic acids is 5. The predicted molar refractivity (Wildman–Crippen MR) is 335 cm³/mol. The number of nitrogens with zero attached hydrogens (tertiary/aromatic N) is 3. The minimum Gasteiger partial charge on any atom is -0.497 e. The molecule has 0 atom stereocenters. The molecule has 0 spiro atoms. The van der Waals surface area contributed by atoms with Crippen molar-refractivity contribution in [2.24, 2.45) is 0 Å². The van der Waals surface area contributed by atoms with E-state index in [4.69, 9.17) is 26.5 Å². The summed E-state index contributed by atoms with van der Waals surface area (Å²) in [6.07, 6.45) is 16.1. The number of halogens is 1. The van der Waals surface area contributed by atoms with Crippen molar-refractivity contribution in [2.45, 2.75) is 89.9 Å². The van der Waals surface area contributed by atoms with Crippen molar-refractivity contribution < 1.29 is 41.9 Å². The van der Waals surface area contributed by atoms with Crippen molar-refractivity contribution in [3.63, 3.8) is 0 Å². The molecule has 4 aromatic carbocycles. The molecule has 450 valence electrons. The minimum absolute atomic E-state index is 0. The monoisotopic (exact) mass is 1190 g/mol. The Hall–Kier alpha value is -8.40. The van der Waals surface area contributed by atoms with E-state index in [0.29, 0.717) is 58.1 Å². The molecule has 0 aliphatic rings. The summed E-state index contributed by atoms with van der Waals surface area (Å²) >= 11 is 5.88. The number of aromatic nitrogens is 2. The van der Waals surface area contributed by atoms with E-state index in [1.807, 2.05) is 7.05 Å². The second-order valence-corrected chi connectivity index (χ2v) is 22.0. The summed E-state index contributed by atoms with van der Waals surface area (Å²) in [5.74, 6) is -0.525. The third-order valence-corrected chi connectivity index (χ3v) is 14.1. The van der Waals surface area contributed by atoms with Crippen LogP contribution in [0, 0.1) is 5.41 Å². The van der Waals surface area contributed by atoms with Gasteiger partial charge in [-0.1, -0.05) is 95.5 Å². The zero-order chi connectivity index (χ0) is 60.2. The number of rotatable bonds is 30. The number of amidine groups is 1. The molecule has 22 heteroatoms. The zero-order valence-electron chi connectivity index (χ0n) is 48.0. The Morgan fingerprint density at radius 3 is 1.76 bits per heavy atom. The fourth-order valence-electron chi connectivity index (χ4n) is 8.14. The van der Waals surface area contributed by atoms with Gasteiger partial charge in [-0.2, -0.15) is 0 Å². The van der Waals surface area contributed by atoms with Crippen molar-refractivity contribution in [1.29, 1.82) is 5.41 Å². The van der Waals surface area contributed by atoms with E-state index in [1.54, 1.807) is 104 Å². The number of hydrogen-bond donors (Lipinski definition) is 8. The Morgan fingerprint density at radius 2 is 1.18 bits per heavy atom. The third-order valence-electron chi connectivity index (χ3n) is 12.8. The van der Waals surface area contributed by atoms with Gasteiger partial charge in [0.2, 0.25) is 0 Å². The quantitative estimate of drug-likeness (QED) is 0.0118. The summed E-state index contributed by atoms with van der Waals surface area (Å²) in [5, 5.41) is 28.7. The van der Waals surface area contributed by atoms with E-state index in [-0.39, 0.29) is 58.7 Å². The topological polar surface area (TPSA) is 275 Å². The number of benzene rings is 4. The van der Waals surface area contributed by atoms with Gasteiger partial charge in [0.1, 0.15) is 29.0 Å². The van der Waals surface area contributed by atoms with Gasteiger partial charge in [-0.05, 0) is 124 Å². The molecule has 5 amide bonds. The number of methoxy groups -OCH3 is 1. The highest BCUT2D eigenvalue weighted by Gasteiger charge is 2.22.